The van der Waals surface area contributed by atoms with Crippen LogP contribution in [-0.4, -0.2) is 20.6 Å². The Morgan fingerprint density at radius 1 is 1.11 bits per heavy atom. The lowest BCUT2D eigenvalue weighted by Crippen LogP contribution is -2.24. The molecule has 0 aliphatic carbocycles. The maximum absolute atomic E-state index is 13.4. The molecule has 0 saturated heterocycles. The lowest BCUT2D eigenvalue weighted by molar-refractivity contribution is -0.137. The van der Waals surface area contributed by atoms with Crippen LogP contribution in [0.15, 0.2) is 47.3 Å². The lowest BCUT2D eigenvalue weighted by atomic mass is 10.2. The summed E-state index contributed by atoms with van der Waals surface area (Å²) in [6.07, 6.45) is 3.24. The van der Waals surface area contributed by atoms with Crippen LogP contribution in [0.3, 0.4) is 0 Å². The Balaban J connectivity index is 2.03. The smallest absolute Gasteiger partial charge is 0.303 e. The van der Waals surface area contributed by atoms with Gasteiger partial charge in [0.05, 0.1) is 10.9 Å². The Labute approximate surface area is 153 Å². The number of halogens is 2. The molecule has 1 N–H and O–H groups in total. The predicted octanol–water partition coefficient (Wildman–Crippen LogP) is 3.71. The average molecular weight is 370 g/mol. The van der Waals surface area contributed by atoms with Gasteiger partial charge in [0.25, 0.3) is 5.56 Å². The fraction of sp³-hybridized carbons (Fsp3) is 0.150. The molecule has 2 aromatic carbocycles. The number of benzene rings is 2. The van der Waals surface area contributed by atoms with Crippen LogP contribution < -0.4 is 5.56 Å². The van der Waals surface area contributed by atoms with E-state index in [1.165, 1.54) is 22.8 Å². The second kappa shape index (κ2) is 7.90. The summed E-state index contributed by atoms with van der Waals surface area (Å²) in [6.45, 7) is 0.181. The van der Waals surface area contributed by atoms with Gasteiger partial charge in [-0.1, -0.05) is 24.3 Å². The molecule has 0 fully saturated rings. The predicted molar refractivity (Wildman–Crippen MR) is 98.2 cm³/mol. The van der Waals surface area contributed by atoms with Crippen molar-refractivity contribution >= 4 is 29.0 Å². The highest BCUT2D eigenvalue weighted by Crippen LogP contribution is 2.14. The summed E-state index contributed by atoms with van der Waals surface area (Å²) in [6, 6.07) is 10.3. The normalized spacial score (nSPS) is 11.3. The van der Waals surface area contributed by atoms with Crippen LogP contribution in [0.5, 0.6) is 0 Å². The van der Waals surface area contributed by atoms with E-state index in [1.807, 2.05) is 0 Å². The second-order valence-corrected chi connectivity index (χ2v) is 5.95. The molecule has 138 valence electrons. The number of aliphatic carboxylic acids is 1. The van der Waals surface area contributed by atoms with Gasteiger partial charge in [-0.05, 0) is 42.3 Å². The molecular weight excluding hydrogens is 354 g/mol. The third-order valence-electron chi connectivity index (χ3n) is 4.03. The highest BCUT2D eigenvalue weighted by atomic mass is 19.2. The Kier molecular flexibility index (Phi) is 5.40. The van der Waals surface area contributed by atoms with E-state index < -0.39 is 17.6 Å². The molecular formula is C20H16F2N2O3. The van der Waals surface area contributed by atoms with E-state index >= 15 is 0 Å². The summed E-state index contributed by atoms with van der Waals surface area (Å²) in [5.74, 6) is -2.55. The molecule has 27 heavy (non-hydrogen) atoms. The highest BCUT2D eigenvalue weighted by molar-refractivity contribution is 5.79. The average Bonchev–Trinajstić information content (AvgIpc) is 2.64. The van der Waals surface area contributed by atoms with Crippen molar-refractivity contribution in [2.45, 2.75) is 19.4 Å². The maximum atomic E-state index is 13.4. The molecule has 0 bridgehead atoms. The number of aromatic nitrogens is 2. The van der Waals surface area contributed by atoms with E-state index in [2.05, 4.69) is 4.98 Å². The fourth-order valence-electron chi connectivity index (χ4n) is 2.70. The number of nitrogens with zero attached hydrogens (tertiary/aromatic N) is 2. The van der Waals surface area contributed by atoms with Crippen LogP contribution >= 0.6 is 0 Å². The van der Waals surface area contributed by atoms with Crippen LogP contribution in [0, 0.1) is 11.6 Å². The van der Waals surface area contributed by atoms with Gasteiger partial charge in [0, 0.05) is 13.0 Å². The van der Waals surface area contributed by atoms with Gasteiger partial charge in [-0.15, -0.1) is 0 Å². The SMILES string of the molecule is O=C(O)CCCn1c(/C=C\c2ccc(F)c(F)c2)nc2ccccc2c1=O. The van der Waals surface area contributed by atoms with Crippen LogP contribution in [0.4, 0.5) is 8.78 Å². The third kappa shape index (κ3) is 4.25. The molecule has 0 spiro atoms. The number of hydrogen-bond donors (Lipinski definition) is 1. The molecule has 1 heterocycles. The number of carboxylic acid groups (broad SMARTS) is 1. The number of rotatable bonds is 6. The van der Waals surface area contributed by atoms with Gasteiger partial charge in [-0.2, -0.15) is 0 Å². The first kappa shape index (κ1) is 18.4. The van der Waals surface area contributed by atoms with Crippen LogP contribution in [0.1, 0.15) is 24.2 Å². The molecule has 0 unspecified atom stereocenters. The van der Waals surface area contributed by atoms with Gasteiger partial charge in [0.2, 0.25) is 0 Å². The summed E-state index contributed by atoms with van der Waals surface area (Å²) in [4.78, 5) is 28.0. The molecule has 0 amide bonds. The van der Waals surface area contributed by atoms with E-state index in [0.717, 1.165) is 12.1 Å². The van der Waals surface area contributed by atoms with Gasteiger partial charge in [0.15, 0.2) is 11.6 Å². The first-order chi connectivity index (χ1) is 13.0. The molecule has 0 atom stereocenters. The quantitative estimate of drug-likeness (QED) is 0.718. The first-order valence-electron chi connectivity index (χ1n) is 8.30. The van der Waals surface area contributed by atoms with Gasteiger partial charge >= 0.3 is 5.97 Å². The second-order valence-electron chi connectivity index (χ2n) is 5.95. The van der Waals surface area contributed by atoms with Crippen LogP contribution in [0.2, 0.25) is 0 Å². The van der Waals surface area contributed by atoms with E-state index in [4.69, 9.17) is 5.11 Å². The molecule has 0 radical (unpaired) electrons. The molecule has 0 aliphatic heterocycles. The zero-order valence-corrected chi connectivity index (χ0v) is 14.2. The Hall–Kier alpha value is -3.35. The van der Waals surface area contributed by atoms with Crippen molar-refractivity contribution in [3.8, 4) is 0 Å². The number of para-hydroxylation sites is 1. The van der Waals surface area contributed by atoms with Gasteiger partial charge in [0.1, 0.15) is 5.82 Å². The summed E-state index contributed by atoms with van der Waals surface area (Å²) >= 11 is 0. The van der Waals surface area contributed by atoms with E-state index in [9.17, 15) is 18.4 Å². The lowest BCUT2D eigenvalue weighted by Gasteiger charge is -2.10. The molecule has 5 nitrogen and oxygen atoms in total. The van der Waals surface area contributed by atoms with Crippen molar-refractivity contribution < 1.29 is 18.7 Å². The topological polar surface area (TPSA) is 72.2 Å². The summed E-state index contributed by atoms with van der Waals surface area (Å²) in [5, 5.41) is 9.25. The Morgan fingerprint density at radius 3 is 2.63 bits per heavy atom. The largest absolute Gasteiger partial charge is 0.481 e. The highest BCUT2D eigenvalue weighted by Gasteiger charge is 2.10. The molecule has 7 heteroatoms. The monoisotopic (exact) mass is 370 g/mol. The number of carboxylic acids is 1. The molecule has 3 aromatic rings. The van der Waals surface area contributed by atoms with Crippen LogP contribution in [0.25, 0.3) is 23.1 Å². The van der Waals surface area contributed by atoms with E-state index in [0.29, 0.717) is 22.3 Å². The number of carbonyl (C=O) groups is 1. The summed E-state index contributed by atoms with van der Waals surface area (Å²) < 4.78 is 27.8. The van der Waals surface area contributed by atoms with Crippen molar-refractivity contribution in [2.24, 2.45) is 0 Å². The van der Waals surface area contributed by atoms with E-state index in [-0.39, 0.29) is 24.9 Å². The number of fused-ring (bicyclic) bond motifs is 1. The minimum Gasteiger partial charge on any atom is -0.481 e. The maximum Gasteiger partial charge on any atom is 0.303 e. The first-order valence-corrected chi connectivity index (χ1v) is 8.30. The van der Waals surface area contributed by atoms with Crippen molar-refractivity contribution in [1.82, 2.24) is 9.55 Å². The Morgan fingerprint density at radius 2 is 1.89 bits per heavy atom. The third-order valence-corrected chi connectivity index (χ3v) is 4.03. The summed E-state index contributed by atoms with van der Waals surface area (Å²) in [7, 11) is 0. The number of hydrogen-bond acceptors (Lipinski definition) is 3. The zero-order chi connectivity index (χ0) is 19.4. The van der Waals surface area contributed by atoms with Gasteiger partial charge < -0.3 is 5.11 Å². The molecule has 3 rings (SSSR count). The minimum absolute atomic E-state index is 0.0778. The minimum atomic E-state index is -0.970. The zero-order valence-electron chi connectivity index (χ0n) is 14.2. The van der Waals surface area contributed by atoms with Crippen molar-refractivity contribution in [3.63, 3.8) is 0 Å². The van der Waals surface area contributed by atoms with Gasteiger partial charge in [-0.3, -0.25) is 14.2 Å². The van der Waals surface area contributed by atoms with Crippen molar-refractivity contribution in [1.29, 1.82) is 0 Å². The standard InChI is InChI=1S/C20H16F2N2O3/c21-15-9-7-13(12-16(15)22)8-10-18-23-17-5-2-1-4-14(17)20(27)24(18)11-3-6-19(25)26/h1-2,4-5,7-10,12H,3,6,11H2,(H,25,26)/b10-8-. The fourth-order valence-corrected chi connectivity index (χ4v) is 2.70. The van der Waals surface area contributed by atoms with Crippen molar-refractivity contribution in [3.05, 3.63) is 75.8 Å². The van der Waals surface area contributed by atoms with E-state index in [1.54, 1.807) is 24.3 Å². The summed E-state index contributed by atoms with van der Waals surface area (Å²) in [5.41, 5.74) is 0.631. The molecule has 0 aliphatic rings. The molecule has 1 aromatic heterocycles. The van der Waals surface area contributed by atoms with Crippen LogP contribution in [-0.2, 0) is 11.3 Å². The van der Waals surface area contributed by atoms with Crippen molar-refractivity contribution in [2.75, 3.05) is 0 Å². The Bertz CT molecular complexity index is 1090. The van der Waals surface area contributed by atoms with Gasteiger partial charge in [-0.25, -0.2) is 13.8 Å². The molecule has 0 saturated carbocycles.